The van der Waals surface area contributed by atoms with Gasteiger partial charge in [-0.2, -0.15) is 0 Å². The fraction of sp³-hybridized carbons (Fsp3) is 0.577. The minimum Gasteiger partial charge on any atom is -0.490 e. The first-order valence-electron chi connectivity index (χ1n) is 12.2. The maximum Gasteiger partial charge on any atom is 0.327 e. The van der Waals surface area contributed by atoms with Crippen LogP contribution in [0.25, 0.3) is 6.08 Å². The third-order valence-electron chi connectivity index (χ3n) is 5.86. The van der Waals surface area contributed by atoms with Gasteiger partial charge in [-0.25, -0.2) is 4.79 Å². The number of thioether (sulfide) groups is 1. The summed E-state index contributed by atoms with van der Waals surface area (Å²) < 4.78 is 12.0. The van der Waals surface area contributed by atoms with Crippen molar-refractivity contribution in [3.63, 3.8) is 0 Å². The lowest BCUT2D eigenvalue weighted by molar-refractivity contribution is -0.147. The number of thiocarbonyl (C=S) groups is 1. The number of carbonyl (C=O) groups excluding carboxylic acids is 1. The highest BCUT2D eigenvalue weighted by Gasteiger charge is 2.42. The third-order valence-corrected chi connectivity index (χ3v) is 7.19. The van der Waals surface area contributed by atoms with E-state index in [9.17, 15) is 14.7 Å². The molecule has 0 saturated carbocycles. The molecule has 1 fully saturated rings. The van der Waals surface area contributed by atoms with Crippen LogP contribution in [0.5, 0.6) is 11.5 Å². The van der Waals surface area contributed by atoms with Gasteiger partial charge in [0.05, 0.1) is 18.1 Å². The molecule has 2 atom stereocenters. The topological polar surface area (TPSA) is 76.1 Å². The fourth-order valence-corrected chi connectivity index (χ4v) is 5.10. The van der Waals surface area contributed by atoms with Crippen molar-refractivity contribution in [3.05, 3.63) is 28.7 Å². The number of carboxylic acids is 1. The van der Waals surface area contributed by atoms with E-state index in [-0.39, 0.29) is 16.1 Å². The summed E-state index contributed by atoms with van der Waals surface area (Å²) >= 11 is 6.51. The molecule has 1 N–H and O–H groups in total. The lowest BCUT2D eigenvalue weighted by Gasteiger charge is -2.27. The molecule has 0 unspecified atom stereocenters. The molecule has 8 heteroatoms. The maximum atomic E-state index is 13.1. The van der Waals surface area contributed by atoms with E-state index >= 15 is 0 Å². The number of carboxylic acid groups (broad SMARTS) is 1. The monoisotopic (exact) mass is 507 g/mol. The van der Waals surface area contributed by atoms with Gasteiger partial charge in [0.25, 0.3) is 5.91 Å². The highest BCUT2D eigenvalue weighted by Crippen LogP contribution is 2.37. The Morgan fingerprint density at radius 1 is 1.12 bits per heavy atom. The zero-order valence-electron chi connectivity index (χ0n) is 20.7. The number of hydrogen-bond donors (Lipinski definition) is 1. The lowest BCUT2D eigenvalue weighted by Crippen LogP contribution is -2.47. The summed E-state index contributed by atoms with van der Waals surface area (Å²) in [6, 6.07) is 4.60. The van der Waals surface area contributed by atoms with Gasteiger partial charge in [-0.3, -0.25) is 9.69 Å². The second-order valence-corrected chi connectivity index (χ2v) is 10.2. The Morgan fingerprint density at radius 2 is 1.82 bits per heavy atom. The highest BCUT2D eigenvalue weighted by molar-refractivity contribution is 8.26. The summed E-state index contributed by atoms with van der Waals surface area (Å²) in [7, 11) is 0. The zero-order chi connectivity index (χ0) is 25.1. The molecule has 1 heterocycles. The first-order chi connectivity index (χ1) is 16.3. The smallest absolute Gasteiger partial charge is 0.327 e. The number of rotatable bonds is 15. The van der Waals surface area contributed by atoms with E-state index in [4.69, 9.17) is 21.7 Å². The molecular weight excluding hydrogens is 470 g/mol. The number of benzene rings is 1. The largest absolute Gasteiger partial charge is 0.490 e. The van der Waals surface area contributed by atoms with E-state index in [1.54, 1.807) is 6.08 Å². The van der Waals surface area contributed by atoms with Gasteiger partial charge in [0.15, 0.2) is 11.5 Å². The number of nitrogens with zero attached hydrogens (tertiary/aromatic N) is 1. The molecule has 0 aliphatic carbocycles. The van der Waals surface area contributed by atoms with Crippen LogP contribution in [0.15, 0.2) is 23.1 Å². The van der Waals surface area contributed by atoms with Gasteiger partial charge < -0.3 is 14.6 Å². The second kappa shape index (κ2) is 14.4. The Hall–Kier alpha value is -2.06. The predicted molar refractivity (Wildman–Crippen MR) is 142 cm³/mol. The Kier molecular flexibility index (Phi) is 11.9. The third kappa shape index (κ3) is 7.73. The lowest BCUT2D eigenvalue weighted by atomic mass is 9.98. The van der Waals surface area contributed by atoms with Crippen molar-refractivity contribution < 1.29 is 24.2 Å². The molecule has 34 heavy (non-hydrogen) atoms. The van der Waals surface area contributed by atoms with Crippen molar-refractivity contribution in [1.29, 1.82) is 0 Å². The van der Waals surface area contributed by atoms with Gasteiger partial charge in [0.1, 0.15) is 10.4 Å². The van der Waals surface area contributed by atoms with Crippen molar-refractivity contribution in [1.82, 2.24) is 4.90 Å². The number of hydrogen-bond acceptors (Lipinski definition) is 6. The summed E-state index contributed by atoms with van der Waals surface area (Å²) in [5.41, 5.74) is 0.770. The minimum atomic E-state index is -1.04. The van der Waals surface area contributed by atoms with Gasteiger partial charge in [-0.05, 0) is 43.0 Å². The maximum absolute atomic E-state index is 13.1. The Bertz CT molecular complexity index is 886. The normalized spacial score (nSPS) is 16.7. The first-order valence-corrected chi connectivity index (χ1v) is 13.5. The minimum absolute atomic E-state index is 0.216. The molecule has 6 nitrogen and oxygen atoms in total. The van der Waals surface area contributed by atoms with Crippen LogP contribution >= 0.6 is 24.0 Å². The van der Waals surface area contributed by atoms with E-state index in [1.807, 2.05) is 39.0 Å². The Balaban J connectivity index is 2.12. The summed E-state index contributed by atoms with van der Waals surface area (Å²) in [4.78, 5) is 26.6. The van der Waals surface area contributed by atoms with Crippen LogP contribution in [-0.2, 0) is 9.59 Å². The van der Waals surface area contributed by atoms with Crippen molar-refractivity contribution in [2.45, 2.75) is 78.7 Å². The van der Waals surface area contributed by atoms with Crippen LogP contribution in [0.4, 0.5) is 0 Å². The predicted octanol–water partition coefficient (Wildman–Crippen LogP) is 6.53. The van der Waals surface area contributed by atoms with Gasteiger partial charge in [-0.1, -0.05) is 89.3 Å². The molecule has 1 aliphatic heterocycles. The van der Waals surface area contributed by atoms with E-state index in [2.05, 4.69) is 6.92 Å². The van der Waals surface area contributed by atoms with E-state index in [0.29, 0.717) is 36.0 Å². The van der Waals surface area contributed by atoms with Crippen molar-refractivity contribution in [3.8, 4) is 11.5 Å². The first kappa shape index (κ1) is 28.2. The number of aliphatic carboxylic acids is 1. The van der Waals surface area contributed by atoms with Gasteiger partial charge in [0.2, 0.25) is 0 Å². The average Bonchev–Trinajstić information content (AvgIpc) is 3.07. The SMILES string of the molecule is CCCCCCCCOc1ccc(/C=C2/SC(=S)N([C@H](C(=O)O)[C@@H](C)CC)C2=O)cc1OCC. The Morgan fingerprint density at radius 3 is 2.47 bits per heavy atom. The number of carbonyl (C=O) groups is 2. The molecule has 0 aromatic heterocycles. The number of unbranched alkanes of at least 4 members (excludes halogenated alkanes) is 5. The summed E-state index contributed by atoms with van der Waals surface area (Å²) in [6.45, 7) is 8.97. The van der Waals surface area contributed by atoms with Crippen molar-refractivity contribution in [2.75, 3.05) is 13.2 Å². The highest BCUT2D eigenvalue weighted by atomic mass is 32.2. The average molecular weight is 508 g/mol. The van der Waals surface area contributed by atoms with E-state index in [0.717, 1.165) is 30.2 Å². The molecule has 0 bridgehead atoms. The quantitative estimate of drug-likeness (QED) is 0.164. The Labute approximate surface area is 213 Å². The molecular formula is C26H37NO5S2. The summed E-state index contributed by atoms with van der Waals surface area (Å²) in [5, 5.41) is 9.70. The molecule has 188 valence electrons. The standard InChI is InChI=1S/C26H37NO5S2/c1-5-8-9-10-11-12-15-32-20-14-13-19(16-21(20)31-7-3)17-22-24(28)27(26(33)34-22)23(25(29)30)18(4)6-2/h13-14,16-18,23H,5-12,15H2,1-4H3,(H,29,30)/b22-17+/t18-,23-/m0/s1. The van der Waals surface area contributed by atoms with Crippen LogP contribution in [0.3, 0.4) is 0 Å². The van der Waals surface area contributed by atoms with Crippen molar-refractivity contribution in [2.24, 2.45) is 5.92 Å². The zero-order valence-corrected chi connectivity index (χ0v) is 22.3. The molecule has 1 aromatic carbocycles. The van der Waals surface area contributed by atoms with Crippen LogP contribution in [0.1, 0.15) is 78.2 Å². The molecule has 0 spiro atoms. The van der Waals surface area contributed by atoms with E-state index in [1.165, 1.54) is 30.6 Å². The van der Waals surface area contributed by atoms with Gasteiger partial charge >= 0.3 is 5.97 Å². The molecule has 2 rings (SSSR count). The van der Waals surface area contributed by atoms with Crippen LogP contribution in [0.2, 0.25) is 0 Å². The fourth-order valence-electron chi connectivity index (χ4n) is 3.77. The van der Waals surface area contributed by atoms with Gasteiger partial charge in [-0.15, -0.1) is 0 Å². The van der Waals surface area contributed by atoms with Gasteiger partial charge in [0, 0.05) is 0 Å². The van der Waals surface area contributed by atoms with Crippen LogP contribution in [0, 0.1) is 5.92 Å². The molecule has 1 saturated heterocycles. The summed E-state index contributed by atoms with van der Waals surface area (Å²) in [6.07, 6.45) is 9.53. The molecule has 1 aliphatic rings. The van der Waals surface area contributed by atoms with Crippen LogP contribution in [-0.4, -0.2) is 45.5 Å². The number of ether oxygens (including phenoxy) is 2. The molecule has 1 aromatic rings. The van der Waals surface area contributed by atoms with E-state index < -0.39 is 12.0 Å². The molecule has 0 radical (unpaired) electrons. The molecule has 1 amide bonds. The number of amides is 1. The van der Waals surface area contributed by atoms with Crippen LogP contribution < -0.4 is 9.47 Å². The second-order valence-electron chi connectivity index (χ2n) is 8.48. The van der Waals surface area contributed by atoms with Crippen molar-refractivity contribution >= 4 is 46.3 Å². The summed E-state index contributed by atoms with van der Waals surface area (Å²) in [5.74, 6) is -0.322.